The molecular formula is C26H26N4O3S. The summed E-state index contributed by atoms with van der Waals surface area (Å²) in [6.45, 7) is 2.87. The first-order chi connectivity index (χ1) is 16.4. The summed E-state index contributed by atoms with van der Waals surface area (Å²) in [5, 5.41) is 9.11. The van der Waals surface area contributed by atoms with Crippen LogP contribution in [0.3, 0.4) is 0 Å². The molecule has 34 heavy (non-hydrogen) atoms. The number of hydrogen-bond donors (Lipinski definition) is 0. The van der Waals surface area contributed by atoms with Crippen LogP contribution in [0.25, 0.3) is 0 Å². The highest BCUT2D eigenvalue weighted by atomic mass is 32.2. The summed E-state index contributed by atoms with van der Waals surface area (Å²) in [7, 11) is -2.12. The fourth-order valence-corrected chi connectivity index (χ4v) is 5.47. The molecule has 174 valence electrons. The van der Waals surface area contributed by atoms with Gasteiger partial charge in [-0.25, -0.2) is 8.42 Å². The van der Waals surface area contributed by atoms with Gasteiger partial charge in [-0.3, -0.25) is 9.69 Å². The number of nitriles is 1. The molecule has 1 amide bonds. The maximum absolute atomic E-state index is 13.3. The molecule has 0 aromatic heterocycles. The lowest BCUT2D eigenvalue weighted by atomic mass is 10.1. The fourth-order valence-electron chi connectivity index (χ4n) is 4.00. The number of amides is 1. The number of sulfonamides is 1. The molecule has 3 aromatic rings. The Balaban J connectivity index is 1.46. The van der Waals surface area contributed by atoms with E-state index in [2.05, 4.69) is 23.1 Å². The summed E-state index contributed by atoms with van der Waals surface area (Å²) in [5.41, 5.74) is 2.48. The smallest absolute Gasteiger partial charge is 0.258 e. The van der Waals surface area contributed by atoms with Crippen molar-refractivity contribution in [3.63, 3.8) is 0 Å². The molecule has 4 rings (SSSR count). The molecule has 0 radical (unpaired) electrons. The van der Waals surface area contributed by atoms with Crippen molar-refractivity contribution in [2.24, 2.45) is 0 Å². The number of benzene rings is 3. The first-order valence-corrected chi connectivity index (χ1v) is 12.5. The first-order valence-electron chi connectivity index (χ1n) is 11.0. The Labute approximate surface area is 200 Å². The van der Waals surface area contributed by atoms with Gasteiger partial charge in [0.15, 0.2) is 0 Å². The van der Waals surface area contributed by atoms with E-state index < -0.39 is 10.0 Å². The van der Waals surface area contributed by atoms with Crippen LogP contribution in [-0.4, -0.2) is 56.8 Å². The molecule has 0 spiro atoms. The molecule has 0 bridgehead atoms. The third kappa shape index (κ3) is 5.18. The summed E-state index contributed by atoms with van der Waals surface area (Å²) in [6.07, 6.45) is 0. The van der Waals surface area contributed by atoms with Gasteiger partial charge in [0.1, 0.15) is 0 Å². The number of hydrogen-bond acceptors (Lipinski definition) is 5. The lowest BCUT2D eigenvalue weighted by Crippen LogP contribution is -2.48. The topological polar surface area (TPSA) is 84.7 Å². The minimum Gasteiger partial charge on any atom is -0.311 e. The van der Waals surface area contributed by atoms with E-state index in [9.17, 15) is 13.2 Å². The average molecular weight is 475 g/mol. The second kappa shape index (κ2) is 10.2. The van der Waals surface area contributed by atoms with Crippen LogP contribution in [0.2, 0.25) is 0 Å². The Morgan fingerprint density at radius 2 is 1.65 bits per heavy atom. The third-order valence-corrected chi connectivity index (χ3v) is 7.86. The standard InChI is InChI=1S/C26H26N4O3S/c1-28(24-11-5-9-22(17-24)19-27)26(31)23-10-6-12-25(18-23)34(32,33)30-15-13-29(14-16-30)20-21-7-3-2-4-8-21/h2-12,17-18H,13-16,20H2,1H3. The summed E-state index contributed by atoms with van der Waals surface area (Å²) in [6, 6.07) is 25.0. The average Bonchev–Trinajstić information content (AvgIpc) is 2.89. The predicted octanol–water partition coefficient (Wildman–Crippen LogP) is 3.34. The highest BCUT2D eigenvalue weighted by Crippen LogP contribution is 2.22. The van der Waals surface area contributed by atoms with Crippen LogP contribution in [-0.2, 0) is 16.6 Å². The summed E-state index contributed by atoms with van der Waals surface area (Å²) >= 11 is 0. The van der Waals surface area contributed by atoms with Crippen LogP contribution in [0.1, 0.15) is 21.5 Å². The maximum Gasteiger partial charge on any atom is 0.258 e. The molecule has 1 aliphatic rings. The molecule has 0 atom stereocenters. The fraction of sp³-hybridized carbons (Fsp3) is 0.231. The molecule has 0 aliphatic carbocycles. The van der Waals surface area contributed by atoms with E-state index in [0.29, 0.717) is 37.4 Å². The van der Waals surface area contributed by atoms with E-state index in [0.717, 1.165) is 6.54 Å². The zero-order valence-corrected chi connectivity index (χ0v) is 19.8. The van der Waals surface area contributed by atoms with Crippen molar-refractivity contribution in [2.75, 3.05) is 38.1 Å². The normalized spacial score (nSPS) is 14.9. The minimum atomic E-state index is -3.72. The molecule has 1 saturated heterocycles. The second-order valence-corrected chi connectivity index (χ2v) is 10.2. The molecule has 1 fully saturated rings. The number of carbonyl (C=O) groups excluding carboxylic acids is 1. The first kappa shape index (κ1) is 23.6. The van der Waals surface area contributed by atoms with Crippen molar-refractivity contribution in [3.05, 3.63) is 95.6 Å². The highest BCUT2D eigenvalue weighted by Gasteiger charge is 2.29. The van der Waals surface area contributed by atoms with Crippen molar-refractivity contribution in [1.29, 1.82) is 5.26 Å². The van der Waals surface area contributed by atoms with Crippen molar-refractivity contribution < 1.29 is 13.2 Å². The van der Waals surface area contributed by atoms with Gasteiger partial charge in [-0.05, 0) is 42.0 Å². The molecule has 8 heteroatoms. The van der Waals surface area contributed by atoms with Crippen LogP contribution in [0.15, 0.2) is 83.8 Å². The van der Waals surface area contributed by atoms with Crippen LogP contribution in [0.5, 0.6) is 0 Å². The summed E-state index contributed by atoms with van der Waals surface area (Å²) in [4.78, 5) is 16.8. The van der Waals surface area contributed by atoms with Crippen molar-refractivity contribution in [3.8, 4) is 6.07 Å². The van der Waals surface area contributed by atoms with E-state index in [4.69, 9.17) is 5.26 Å². The Kier molecular flexibility index (Phi) is 7.08. The van der Waals surface area contributed by atoms with Gasteiger partial charge in [-0.15, -0.1) is 0 Å². The molecular weight excluding hydrogens is 448 g/mol. The zero-order chi connectivity index (χ0) is 24.1. The summed E-state index contributed by atoms with van der Waals surface area (Å²) < 4.78 is 28.1. The van der Waals surface area contributed by atoms with Crippen molar-refractivity contribution in [1.82, 2.24) is 9.21 Å². The van der Waals surface area contributed by atoms with Crippen LogP contribution >= 0.6 is 0 Å². The SMILES string of the molecule is CN(C(=O)c1cccc(S(=O)(=O)N2CCN(Cc3ccccc3)CC2)c1)c1cccc(C#N)c1. The summed E-state index contributed by atoms with van der Waals surface area (Å²) in [5.74, 6) is -0.347. The number of carbonyl (C=O) groups is 1. The van der Waals surface area contributed by atoms with Gasteiger partial charge in [0.2, 0.25) is 10.0 Å². The quantitative estimate of drug-likeness (QED) is 0.547. The zero-order valence-electron chi connectivity index (χ0n) is 19.0. The lowest BCUT2D eigenvalue weighted by molar-refractivity contribution is 0.0993. The Morgan fingerprint density at radius 1 is 0.941 bits per heavy atom. The lowest BCUT2D eigenvalue weighted by Gasteiger charge is -2.34. The number of anilines is 1. The molecule has 0 N–H and O–H groups in total. The van der Waals surface area contributed by atoms with Gasteiger partial charge in [-0.2, -0.15) is 9.57 Å². The van der Waals surface area contributed by atoms with Crippen LogP contribution in [0.4, 0.5) is 5.69 Å². The van der Waals surface area contributed by atoms with E-state index >= 15 is 0 Å². The minimum absolute atomic E-state index is 0.106. The number of nitrogens with zero attached hydrogens (tertiary/aromatic N) is 4. The molecule has 7 nitrogen and oxygen atoms in total. The maximum atomic E-state index is 13.3. The van der Waals surface area contributed by atoms with Gasteiger partial charge >= 0.3 is 0 Å². The second-order valence-electron chi connectivity index (χ2n) is 8.22. The monoisotopic (exact) mass is 474 g/mol. The van der Waals surface area contributed by atoms with Gasteiger partial charge < -0.3 is 4.90 Å². The largest absolute Gasteiger partial charge is 0.311 e. The molecule has 1 heterocycles. The molecule has 3 aromatic carbocycles. The van der Waals surface area contributed by atoms with Gasteiger partial charge in [0.05, 0.1) is 16.5 Å². The van der Waals surface area contributed by atoms with E-state index in [1.165, 1.54) is 26.9 Å². The molecule has 1 aliphatic heterocycles. The predicted molar refractivity (Wildman–Crippen MR) is 131 cm³/mol. The molecule has 0 unspecified atom stereocenters. The van der Waals surface area contributed by atoms with Crippen LogP contribution in [0, 0.1) is 11.3 Å². The Morgan fingerprint density at radius 3 is 2.35 bits per heavy atom. The van der Waals surface area contributed by atoms with Gasteiger partial charge in [-0.1, -0.05) is 42.5 Å². The van der Waals surface area contributed by atoms with E-state index in [1.807, 2.05) is 18.2 Å². The van der Waals surface area contributed by atoms with E-state index in [1.54, 1.807) is 43.4 Å². The highest BCUT2D eigenvalue weighted by molar-refractivity contribution is 7.89. The van der Waals surface area contributed by atoms with Crippen LogP contribution < -0.4 is 4.90 Å². The Bertz CT molecular complexity index is 1310. The Hall–Kier alpha value is -3.51. The third-order valence-electron chi connectivity index (χ3n) is 5.97. The number of rotatable bonds is 6. The van der Waals surface area contributed by atoms with Crippen molar-refractivity contribution >= 4 is 21.6 Å². The van der Waals surface area contributed by atoms with Crippen molar-refractivity contribution in [2.45, 2.75) is 11.4 Å². The van der Waals surface area contributed by atoms with E-state index in [-0.39, 0.29) is 16.4 Å². The van der Waals surface area contributed by atoms with Gasteiger partial charge in [0, 0.05) is 51.0 Å². The molecule has 0 saturated carbocycles. The number of piperazine rings is 1. The van der Waals surface area contributed by atoms with Gasteiger partial charge in [0.25, 0.3) is 5.91 Å².